The fourth-order valence-electron chi connectivity index (χ4n) is 0.803. The first-order valence-electron chi connectivity index (χ1n) is 3.81. The fraction of sp³-hybridized carbons (Fsp3) is 0.222. The van der Waals surface area contributed by atoms with Gasteiger partial charge in [-0.2, -0.15) is 0 Å². The van der Waals surface area contributed by atoms with Crippen molar-refractivity contribution in [3.05, 3.63) is 30.1 Å². The van der Waals surface area contributed by atoms with Crippen molar-refractivity contribution in [1.29, 1.82) is 0 Å². The van der Waals surface area contributed by atoms with Gasteiger partial charge in [0, 0.05) is 4.90 Å². The Labute approximate surface area is 80.3 Å². The highest BCUT2D eigenvalue weighted by Crippen LogP contribution is 2.23. The Morgan fingerprint density at radius 3 is 2.85 bits per heavy atom. The quantitative estimate of drug-likeness (QED) is 0.754. The second-order valence-electron chi connectivity index (χ2n) is 2.62. The third kappa shape index (κ3) is 3.06. The van der Waals surface area contributed by atoms with Crippen molar-refractivity contribution in [2.24, 2.45) is 5.73 Å². The molecule has 0 aliphatic rings. The molecule has 1 aromatic rings. The van der Waals surface area contributed by atoms with Crippen molar-refractivity contribution in [1.82, 2.24) is 0 Å². The van der Waals surface area contributed by atoms with Crippen molar-refractivity contribution in [2.75, 3.05) is 0 Å². The van der Waals surface area contributed by atoms with Crippen LogP contribution in [0.2, 0.25) is 0 Å². The molecule has 1 rings (SSSR count). The van der Waals surface area contributed by atoms with Gasteiger partial charge >= 0.3 is 0 Å². The van der Waals surface area contributed by atoms with E-state index < -0.39 is 5.91 Å². The Morgan fingerprint density at radius 2 is 2.31 bits per heavy atom. The monoisotopic (exact) mass is 199 g/mol. The van der Waals surface area contributed by atoms with Gasteiger partial charge in [0.1, 0.15) is 5.82 Å². The van der Waals surface area contributed by atoms with Crippen LogP contribution in [-0.4, -0.2) is 11.2 Å². The number of benzene rings is 1. The van der Waals surface area contributed by atoms with Crippen LogP contribution < -0.4 is 5.73 Å². The maximum Gasteiger partial charge on any atom is 0.230 e. The molecule has 2 nitrogen and oxygen atoms in total. The van der Waals surface area contributed by atoms with Crippen LogP contribution in [0.3, 0.4) is 0 Å². The highest BCUT2D eigenvalue weighted by Gasteiger charge is 2.09. The van der Waals surface area contributed by atoms with Crippen LogP contribution in [0.15, 0.2) is 29.2 Å². The SMILES string of the molecule is CC(Sc1cccc(F)c1)C(N)=O. The van der Waals surface area contributed by atoms with E-state index in [0.29, 0.717) is 4.90 Å². The minimum atomic E-state index is -0.394. The van der Waals surface area contributed by atoms with Gasteiger partial charge in [-0.25, -0.2) is 4.39 Å². The summed E-state index contributed by atoms with van der Waals surface area (Å²) >= 11 is 1.25. The summed E-state index contributed by atoms with van der Waals surface area (Å²) in [4.78, 5) is 11.4. The van der Waals surface area contributed by atoms with E-state index in [1.54, 1.807) is 19.1 Å². The first kappa shape index (κ1) is 10.1. The van der Waals surface area contributed by atoms with E-state index in [1.807, 2.05) is 0 Å². The summed E-state index contributed by atoms with van der Waals surface area (Å²) < 4.78 is 12.7. The molecule has 0 aliphatic heterocycles. The fourth-order valence-corrected chi connectivity index (χ4v) is 1.66. The van der Waals surface area contributed by atoms with Crippen LogP contribution >= 0.6 is 11.8 Å². The smallest absolute Gasteiger partial charge is 0.230 e. The van der Waals surface area contributed by atoms with Crippen molar-refractivity contribution >= 4 is 17.7 Å². The second-order valence-corrected chi connectivity index (χ2v) is 4.03. The lowest BCUT2D eigenvalue weighted by atomic mass is 10.3. The lowest BCUT2D eigenvalue weighted by molar-refractivity contribution is -0.117. The predicted molar refractivity (Wildman–Crippen MR) is 50.9 cm³/mol. The maximum atomic E-state index is 12.7. The number of nitrogens with two attached hydrogens (primary N) is 1. The average molecular weight is 199 g/mol. The number of rotatable bonds is 3. The Bertz CT molecular complexity index is 316. The molecule has 1 aromatic carbocycles. The second kappa shape index (κ2) is 4.28. The van der Waals surface area contributed by atoms with Crippen molar-refractivity contribution < 1.29 is 9.18 Å². The Morgan fingerprint density at radius 1 is 1.62 bits per heavy atom. The molecule has 1 atom stereocenters. The highest BCUT2D eigenvalue weighted by molar-refractivity contribution is 8.00. The van der Waals surface area contributed by atoms with Gasteiger partial charge in [-0.15, -0.1) is 11.8 Å². The summed E-state index contributed by atoms with van der Waals surface area (Å²) in [5, 5.41) is -0.332. The molecule has 2 N–H and O–H groups in total. The summed E-state index contributed by atoms with van der Waals surface area (Å²) in [6.45, 7) is 1.69. The first-order chi connectivity index (χ1) is 6.09. The van der Waals surface area contributed by atoms with Gasteiger partial charge in [-0.3, -0.25) is 4.79 Å². The normalized spacial score (nSPS) is 12.5. The number of thioether (sulfide) groups is 1. The summed E-state index contributed by atoms with van der Waals surface area (Å²) in [7, 11) is 0. The molecule has 0 fully saturated rings. The van der Waals surface area contributed by atoms with Crippen LogP contribution in [0, 0.1) is 5.82 Å². The lowest BCUT2D eigenvalue weighted by Crippen LogP contribution is -2.22. The zero-order valence-corrected chi connectivity index (χ0v) is 7.98. The molecule has 0 radical (unpaired) electrons. The standard InChI is InChI=1S/C9H10FNOS/c1-6(9(11)12)13-8-4-2-3-7(10)5-8/h2-6H,1H3,(H2,11,12). The number of carbonyl (C=O) groups excluding carboxylic acids is 1. The van der Waals surface area contributed by atoms with Crippen molar-refractivity contribution in [3.8, 4) is 0 Å². The first-order valence-corrected chi connectivity index (χ1v) is 4.69. The molecule has 70 valence electrons. The number of hydrogen-bond donors (Lipinski definition) is 1. The molecule has 0 aromatic heterocycles. The summed E-state index contributed by atoms with van der Waals surface area (Å²) in [5.41, 5.74) is 5.07. The molecule has 13 heavy (non-hydrogen) atoms. The minimum Gasteiger partial charge on any atom is -0.369 e. The molecule has 0 aliphatic carbocycles. The number of amides is 1. The number of hydrogen-bond acceptors (Lipinski definition) is 2. The molecule has 1 unspecified atom stereocenters. The van der Waals surface area contributed by atoms with Crippen LogP contribution in [0.25, 0.3) is 0 Å². The Hall–Kier alpha value is -1.03. The topological polar surface area (TPSA) is 43.1 Å². The van der Waals surface area contributed by atoms with Crippen LogP contribution in [-0.2, 0) is 4.79 Å². The Balaban J connectivity index is 2.69. The highest BCUT2D eigenvalue weighted by atomic mass is 32.2. The lowest BCUT2D eigenvalue weighted by Gasteiger charge is -2.05. The van der Waals surface area contributed by atoms with E-state index in [2.05, 4.69) is 0 Å². The van der Waals surface area contributed by atoms with Gasteiger partial charge < -0.3 is 5.73 Å². The van der Waals surface area contributed by atoms with Crippen LogP contribution in [0.5, 0.6) is 0 Å². The zero-order chi connectivity index (χ0) is 9.84. The summed E-state index contributed by atoms with van der Waals surface area (Å²) in [6.07, 6.45) is 0. The molecule has 4 heteroatoms. The summed E-state index contributed by atoms with van der Waals surface area (Å²) in [6, 6.07) is 6.08. The summed E-state index contributed by atoms with van der Waals surface area (Å²) in [5.74, 6) is -0.698. The van der Waals surface area contributed by atoms with E-state index in [9.17, 15) is 9.18 Å². The van der Waals surface area contributed by atoms with Gasteiger partial charge in [-0.1, -0.05) is 6.07 Å². The van der Waals surface area contributed by atoms with Crippen LogP contribution in [0.4, 0.5) is 4.39 Å². The molecule has 0 saturated carbocycles. The number of carbonyl (C=O) groups is 1. The van der Waals surface area contributed by atoms with E-state index in [0.717, 1.165) is 0 Å². The predicted octanol–water partition coefficient (Wildman–Crippen LogP) is 1.79. The number of halogens is 1. The largest absolute Gasteiger partial charge is 0.369 e. The van der Waals surface area contributed by atoms with Gasteiger partial charge in [0.15, 0.2) is 0 Å². The van der Waals surface area contributed by atoms with Gasteiger partial charge in [0.05, 0.1) is 5.25 Å². The van der Waals surface area contributed by atoms with Gasteiger partial charge in [0.25, 0.3) is 0 Å². The van der Waals surface area contributed by atoms with E-state index in [4.69, 9.17) is 5.73 Å². The molecule has 0 saturated heterocycles. The molecule has 0 spiro atoms. The Kier molecular flexibility index (Phi) is 3.31. The van der Waals surface area contributed by atoms with E-state index >= 15 is 0 Å². The third-order valence-corrected chi connectivity index (χ3v) is 2.62. The van der Waals surface area contributed by atoms with E-state index in [-0.39, 0.29) is 11.1 Å². The van der Waals surface area contributed by atoms with E-state index in [1.165, 1.54) is 23.9 Å². The molecular weight excluding hydrogens is 189 g/mol. The molecule has 0 heterocycles. The molecule has 0 bridgehead atoms. The minimum absolute atomic E-state index is 0.304. The maximum absolute atomic E-state index is 12.7. The van der Waals surface area contributed by atoms with Crippen molar-refractivity contribution in [2.45, 2.75) is 17.1 Å². The van der Waals surface area contributed by atoms with Gasteiger partial charge in [0.2, 0.25) is 5.91 Å². The molecule has 1 amide bonds. The van der Waals surface area contributed by atoms with Crippen LogP contribution in [0.1, 0.15) is 6.92 Å². The molecular formula is C9H10FNOS. The number of primary amides is 1. The third-order valence-electron chi connectivity index (χ3n) is 1.51. The zero-order valence-electron chi connectivity index (χ0n) is 7.16. The average Bonchev–Trinajstić information content (AvgIpc) is 2.04. The van der Waals surface area contributed by atoms with Crippen molar-refractivity contribution in [3.63, 3.8) is 0 Å². The van der Waals surface area contributed by atoms with Gasteiger partial charge in [-0.05, 0) is 25.1 Å².